The minimum absolute atomic E-state index is 0.492. The van der Waals surface area contributed by atoms with Crippen LogP contribution in [0.4, 0.5) is 0 Å². The standard InChI is InChI=1S/C30H17N3O/c1-31-14-20-18-9-11-23-27-25(18)29-19(21(20)15-31)5-3-13-33(29)30(27)26-22(34-23)10-8-16-6-7-17-4-2-12-32(30)28(17)24(16)26/h2-15H,1H3/q+2. The maximum atomic E-state index is 6.69. The van der Waals surface area contributed by atoms with Crippen molar-refractivity contribution in [2.75, 3.05) is 0 Å². The van der Waals surface area contributed by atoms with Crippen LogP contribution in [-0.2, 0) is 12.7 Å². The lowest BCUT2D eigenvalue weighted by Gasteiger charge is -2.32. The second-order valence-electron chi connectivity index (χ2n) is 9.95. The van der Waals surface area contributed by atoms with Crippen LogP contribution < -0.4 is 13.9 Å². The molecule has 3 aliphatic heterocycles. The number of hydrogen-bond donors (Lipinski definition) is 0. The van der Waals surface area contributed by atoms with Crippen molar-refractivity contribution in [3.05, 3.63) is 96.6 Å². The van der Waals surface area contributed by atoms with Gasteiger partial charge in [-0.25, -0.2) is 4.57 Å². The number of aromatic nitrogens is 3. The van der Waals surface area contributed by atoms with E-state index >= 15 is 0 Å². The van der Waals surface area contributed by atoms with Crippen LogP contribution in [0.5, 0.6) is 11.5 Å². The summed E-state index contributed by atoms with van der Waals surface area (Å²) in [5.41, 5.74) is 4.61. The van der Waals surface area contributed by atoms with Crippen molar-refractivity contribution in [1.82, 2.24) is 4.57 Å². The molecule has 10 rings (SSSR count). The second kappa shape index (κ2) is 4.75. The summed E-state index contributed by atoms with van der Waals surface area (Å²) in [6, 6.07) is 22.2. The summed E-state index contributed by atoms with van der Waals surface area (Å²) in [6.07, 6.45) is 9.04. The maximum absolute atomic E-state index is 6.69. The highest BCUT2D eigenvalue weighted by molar-refractivity contribution is 6.27. The second-order valence-corrected chi connectivity index (χ2v) is 9.95. The first-order chi connectivity index (χ1) is 16.8. The zero-order chi connectivity index (χ0) is 21.9. The summed E-state index contributed by atoms with van der Waals surface area (Å²) < 4.78 is 13.9. The number of nitrogens with zero attached hydrogens (tertiary/aromatic N) is 3. The van der Waals surface area contributed by atoms with Gasteiger partial charge in [0.15, 0.2) is 18.6 Å². The van der Waals surface area contributed by atoms with Crippen molar-refractivity contribution in [3.63, 3.8) is 0 Å². The number of fused-ring (bicyclic) bond motifs is 3. The quantitative estimate of drug-likeness (QED) is 0.231. The molecule has 0 radical (unpaired) electrons. The largest absolute Gasteiger partial charge is 0.456 e. The zero-order valence-corrected chi connectivity index (χ0v) is 18.3. The molecule has 1 atom stereocenters. The molecule has 3 aliphatic rings. The van der Waals surface area contributed by atoms with Gasteiger partial charge in [0.1, 0.15) is 29.7 Å². The van der Waals surface area contributed by atoms with Crippen LogP contribution in [0.1, 0.15) is 11.1 Å². The predicted molar refractivity (Wildman–Crippen MR) is 131 cm³/mol. The molecule has 7 aromatic rings. The predicted octanol–water partition coefficient (Wildman–Crippen LogP) is 5.40. The molecular weight excluding hydrogens is 418 g/mol. The smallest absolute Gasteiger partial charge is 0.309 e. The fraction of sp³-hybridized carbons (Fsp3) is 0.0667. The molecule has 1 unspecified atom stereocenters. The summed E-state index contributed by atoms with van der Waals surface area (Å²) in [5, 5.41) is 10.3. The fourth-order valence-electron chi connectivity index (χ4n) is 7.39. The lowest BCUT2D eigenvalue weighted by Crippen LogP contribution is -2.59. The highest BCUT2D eigenvalue weighted by Crippen LogP contribution is 2.60. The highest BCUT2D eigenvalue weighted by Gasteiger charge is 2.62. The van der Waals surface area contributed by atoms with Gasteiger partial charge in [0.05, 0.1) is 21.7 Å². The Kier molecular flexibility index (Phi) is 2.27. The third-order valence-corrected chi connectivity index (χ3v) is 8.45. The first kappa shape index (κ1) is 16.2. The molecule has 6 heterocycles. The van der Waals surface area contributed by atoms with Crippen LogP contribution >= 0.6 is 0 Å². The molecule has 4 nitrogen and oxygen atoms in total. The zero-order valence-electron chi connectivity index (χ0n) is 18.3. The molecule has 156 valence electrons. The van der Waals surface area contributed by atoms with Crippen LogP contribution in [0.15, 0.2) is 85.5 Å². The normalized spacial score (nSPS) is 18.5. The van der Waals surface area contributed by atoms with Gasteiger partial charge in [0, 0.05) is 28.4 Å². The summed E-state index contributed by atoms with van der Waals surface area (Å²) in [7, 11) is 2.11. The fourth-order valence-corrected chi connectivity index (χ4v) is 7.39. The number of benzene rings is 4. The molecule has 0 saturated carbocycles. The molecule has 34 heavy (non-hydrogen) atoms. The van der Waals surface area contributed by atoms with Gasteiger partial charge in [-0.3, -0.25) is 4.57 Å². The minimum Gasteiger partial charge on any atom is -0.456 e. The first-order valence-electron chi connectivity index (χ1n) is 11.8. The van der Waals surface area contributed by atoms with Gasteiger partial charge in [-0.15, -0.1) is 0 Å². The van der Waals surface area contributed by atoms with E-state index in [1.165, 1.54) is 65.3 Å². The third kappa shape index (κ3) is 1.38. The molecule has 0 fully saturated rings. The van der Waals surface area contributed by atoms with Crippen LogP contribution in [0.2, 0.25) is 0 Å². The van der Waals surface area contributed by atoms with E-state index in [9.17, 15) is 0 Å². The lowest BCUT2D eigenvalue weighted by molar-refractivity contribution is -0.721. The van der Waals surface area contributed by atoms with Crippen molar-refractivity contribution in [2.45, 2.75) is 5.66 Å². The van der Waals surface area contributed by atoms with Crippen molar-refractivity contribution >= 4 is 54.1 Å². The Bertz CT molecular complexity index is 2170. The third-order valence-electron chi connectivity index (χ3n) is 8.45. The van der Waals surface area contributed by atoms with E-state index in [1.807, 2.05) is 0 Å². The minimum atomic E-state index is -0.492. The van der Waals surface area contributed by atoms with Crippen LogP contribution in [0, 0.1) is 0 Å². The van der Waals surface area contributed by atoms with Crippen LogP contribution in [0.3, 0.4) is 0 Å². The Balaban J connectivity index is 1.59. The summed E-state index contributed by atoms with van der Waals surface area (Å²) in [6.45, 7) is 0. The van der Waals surface area contributed by atoms with Crippen LogP contribution in [-0.4, -0.2) is 4.57 Å². The van der Waals surface area contributed by atoms with Gasteiger partial charge in [-0.05, 0) is 47.2 Å². The Morgan fingerprint density at radius 3 is 2.41 bits per heavy atom. The molecule has 4 aromatic carbocycles. The monoisotopic (exact) mass is 435 g/mol. The number of pyridine rings is 2. The summed E-state index contributed by atoms with van der Waals surface area (Å²) in [4.78, 5) is 0. The summed E-state index contributed by atoms with van der Waals surface area (Å²) >= 11 is 0. The van der Waals surface area contributed by atoms with Gasteiger partial charge in [0.25, 0.3) is 0 Å². The van der Waals surface area contributed by atoms with Crippen molar-refractivity contribution < 1.29 is 13.9 Å². The lowest BCUT2D eigenvalue weighted by atomic mass is 9.85. The average Bonchev–Trinajstić information content (AvgIpc) is 3.51. The van der Waals surface area contributed by atoms with E-state index in [4.69, 9.17) is 4.74 Å². The Morgan fingerprint density at radius 1 is 0.735 bits per heavy atom. The van der Waals surface area contributed by atoms with E-state index in [0.717, 1.165) is 11.5 Å². The Morgan fingerprint density at radius 2 is 1.50 bits per heavy atom. The van der Waals surface area contributed by atoms with Gasteiger partial charge in [-0.1, -0.05) is 18.2 Å². The topological polar surface area (TPSA) is 21.9 Å². The highest BCUT2D eigenvalue weighted by atomic mass is 16.5. The van der Waals surface area contributed by atoms with Gasteiger partial charge < -0.3 is 4.74 Å². The maximum Gasteiger partial charge on any atom is 0.309 e. The van der Waals surface area contributed by atoms with E-state index in [1.54, 1.807) is 0 Å². The van der Waals surface area contributed by atoms with Crippen molar-refractivity contribution in [1.29, 1.82) is 0 Å². The SMILES string of the molecule is C[n+]1cc2c(c1)c1cccn3c1c1c4c(ccc21)Oc1ccc2ccc5ccc[n+]6c5c2c1C436. The van der Waals surface area contributed by atoms with Crippen molar-refractivity contribution in [2.24, 2.45) is 7.05 Å². The molecular formula is C30H17N3O+2. The molecule has 0 N–H and O–H groups in total. The first-order valence-corrected chi connectivity index (χ1v) is 11.8. The van der Waals surface area contributed by atoms with Crippen molar-refractivity contribution in [3.8, 4) is 11.5 Å². The van der Waals surface area contributed by atoms with Gasteiger partial charge in [-0.2, -0.15) is 4.57 Å². The molecule has 0 bridgehead atoms. The number of hydrogen-bond acceptors (Lipinski definition) is 1. The summed E-state index contributed by atoms with van der Waals surface area (Å²) in [5.74, 6) is 1.91. The molecule has 0 saturated heterocycles. The number of ether oxygens (including phenoxy) is 1. The van der Waals surface area contributed by atoms with E-state index in [2.05, 4.69) is 106 Å². The Hall–Kier alpha value is -4.44. The average molecular weight is 435 g/mol. The van der Waals surface area contributed by atoms with Gasteiger partial charge >= 0.3 is 5.66 Å². The number of rotatable bonds is 0. The molecule has 3 aromatic heterocycles. The molecule has 1 spiro atoms. The van der Waals surface area contributed by atoms with E-state index in [-0.39, 0.29) is 0 Å². The van der Waals surface area contributed by atoms with E-state index < -0.39 is 5.66 Å². The molecule has 0 aliphatic carbocycles. The van der Waals surface area contributed by atoms with E-state index in [0.29, 0.717) is 0 Å². The molecule has 0 amide bonds. The molecule has 4 heteroatoms. The van der Waals surface area contributed by atoms with Crippen LogP contribution in [0.25, 0.3) is 54.1 Å². The number of aryl methyl sites for hydroxylation is 1. The van der Waals surface area contributed by atoms with Gasteiger partial charge in [0.2, 0.25) is 5.52 Å². The Labute approximate surface area is 193 Å².